The summed E-state index contributed by atoms with van der Waals surface area (Å²) in [7, 11) is 0. The Labute approximate surface area is 87.5 Å². The molecule has 0 amide bonds. The van der Waals surface area contributed by atoms with Crippen LogP contribution in [0.5, 0.6) is 0 Å². The first kappa shape index (κ1) is 12.7. The van der Waals surface area contributed by atoms with Gasteiger partial charge in [0.1, 0.15) is 0 Å². The van der Waals surface area contributed by atoms with E-state index in [2.05, 4.69) is 37.5 Å². The normalized spacial score (nSPS) is 11.0. The molecule has 0 bridgehead atoms. The number of hydrogen-bond donors (Lipinski definition) is 3. The van der Waals surface area contributed by atoms with Crippen molar-refractivity contribution in [1.82, 2.24) is 5.32 Å². The highest BCUT2D eigenvalue weighted by atomic mass is 32.2. The maximum absolute atomic E-state index is 4.18. The number of hydrogen-bond acceptors (Lipinski definition) is 3. The third-order valence-corrected chi connectivity index (χ3v) is 2.30. The van der Waals surface area contributed by atoms with Gasteiger partial charge in [0.25, 0.3) is 0 Å². The van der Waals surface area contributed by atoms with Crippen molar-refractivity contribution in [2.24, 2.45) is 0 Å². The Morgan fingerprint density at radius 2 is 1.83 bits per heavy atom. The van der Waals surface area contributed by atoms with E-state index in [4.69, 9.17) is 0 Å². The zero-order valence-electron chi connectivity index (χ0n) is 7.92. The molecule has 0 saturated heterocycles. The van der Waals surface area contributed by atoms with Crippen LogP contribution in [0.4, 0.5) is 0 Å². The molecule has 0 rings (SSSR count). The van der Waals surface area contributed by atoms with E-state index in [-0.39, 0.29) is 4.58 Å². The van der Waals surface area contributed by atoms with E-state index in [9.17, 15) is 0 Å². The van der Waals surface area contributed by atoms with Gasteiger partial charge in [0.15, 0.2) is 0 Å². The molecular formula is C9H21NS2. The van der Waals surface area contributed by atoms with Gasteiger partial charge in [0.05, 0.1) is 0 Å². The number of nitrogens with one attached hydrogen (secondary N) is 1. The van der Waals surface area contributed by atoms with Crippen LogP contribution in [0.3, 0.4) is 0 Å². The SMILES string of the molecule is CCCCCCNCCC(S)S. The molecular weight excluding hydrogens is 186 g/mol. The molecule has 3 heteroatoms. The molecule has 12 heavy (non-hydrogen) atoms. The Bertz CT molecular complexity index is 86.6. The van der Waals surface area contributed by atoms with E-state index in [1.54, 1.807) is 0 Å². The molecule has 0 fully saturated rings. The lowest BCUT2D eigenvalue weighted by molar-refractivity contribution is 0.594. The van der Waals surface area contributed by atoms with Crippen LogP contribution in [0, 0.1) is 0 Å². The molecule has 0 unspecified atom stereocenters. The largest absolute Gasteiger partial charge is 0.317 e. The van der Waals surface area contributed by atoms with Crippen molar-refractivity contribution in [2.75, 3.05) is 13.1 Å². The average Bonchev–Trinajstić information content (AvgIpc) is 2.02. The molecule has 0 aromatic rings. The Hall–Kier alpha value is 0.660. The van der Waals surface area contributed by atoms with Crippen molar-refractivity contribution in [3.63, 3.8) is 0 Å². The van der Waals surface area contributed by atoms with E-state index < -0.39 is 0 Å². The van der Waals surface area contributed by atoms with Gasteiger partial charge < -0.3 is 5.32 Å². The molecule has 0 aliphatic heterocycles. The summed E-state index contributed by atoms with van der Waals surface area (Å²) in [5.74, 6) is 0. The molecule has 1 nitrogen and oxygen atoms in total. The fourth-order valence-corrected chi connectivity index (χ4v) is 1.29. The van der Waals surface area contributed by atoms with Gasteiger partial charge in [-0.25, -0.2) is 0 Å². The van der Waals surface area contributed by atoms with Crippen molar-refractivity contribution < 1.29 is 0 Å². The second kappa shape index (κ2) is 9.75. The van der Waals surface area contributed by atoms with Gasteiger partial charge in [-0.2, -0.15) is 25.3 Å². The molecule has 0 spiro atoms. The molecule has 0 aliphatic rings. The van der Waals surface area contributed by atoms with Gasteiger partial charge in [-0.15, -0.1) is 0 Å². The highest BCUT2D eigenvalue weighted by Crippen LogP contribution is 2.03. The minimum absolute atomic E-state index is 0.230. The number of rotatable bonds is 8. The Morgan fingerprint density at radius 1 is 1.08 bits per heavy atom. The van der Waals surface area contributed by atoms with Crippen molar-refractivity contribution in [3.8, 4) is 0 Å². The van der Waals surface area contributed by atoms with Crippen LogP contribution >= 0.6 is 25.3 Å². The van der Waals surface area contributed by atoms with Crippen LogP contribution < -0.4 is 5.32 Å². The maximum Gasteiger partial charge on any atom is 0.0454 e. The third kappa shape index (κ3) is 10.7. The van der Waals surface area contributed by atoms with E-state index in [0.717, 1.165) is 19.5 Å². The van der Waals surface area contributed by atoms with Crippen LogP contribution in [-0.4, -0.2) is 17.7 Å². The molecule has 0 saturated carbocycles. The van der Waals surface area contributed by atoms with Crippen molar-refractivity contribution >= 4 is 25.3 Å². The summed E-state index contributed by atoms with van der Waals surface area (Å²) in [6.45, 7) is 4.43. The summed E-state index contributed by atoms with van der Waals surface area (Å²) in [6.07, 6.45) is 6.38. The Morgan fingerprint density at radius 3 is 2.42 bits per heavy atom. The standard InChI is InChI=1S/C9H21NS2/c1-2-3-4-5-7-10-8-6-9(11)12/h9-12H,2-8H2,1H3. The van der Waals surface area contributed by atoms with Crippen LogP contribution in [0.15, 0.2) is 0 Å². The number of thiol groups is 2. The average molecular weight is 207 g/mol. The van der Waals surface area contributed by atoms with Gasteiger partial charge in [-0.1, -0.05) is 26.2 Å². The lowest BCUT2D eigenvalue weighted by Gasteiger charge is -2.05. The minimum atomic E-state index is 0.230. The summed E-state index contributed by atoms with van der Waals surface area (Å²) in [5.41, 5.74) is 0. The van der Waals surface area contributed by atoms with Crippen LogP contribution in [-0.2, 0) is 0 Å². The topological polar surface area (TPSA) is 12.0 Å². The van der Waals surface area contributed by atoms with E-state index in [1.165, 1.54) is 25.7 Å². The van der Waals surface area contributed by atoms with E-state index in [1.807, 2.05) is 0 Å². The molecule has 1 N–H and O–H groups in total. The van der Waals surface area contributed by atoms with Crippen molar-refractivity contribution in [3.05, 3.63) is 0 Å². The second-order valence-corrected chi connectivity index (χ2v) is 4.73. The highest BCUT2D eigenvalue weighted by molar-refractivity contribution is 7.99. The number of unbranched alkanes of at least 4 members (excludes halogenated alkanes) is 3. The first-order valence-corrected chi connectivity index (χ1v) is 5.87. The predicted octanol–water partition coefficient (Wildman–Crippen LogP) is 2.73. The van der Waals surface area contributed by atoms with Crippen LogP contribution in [0.1, 0.15) is 39.0 Å². The van der Waals surface area contributed by atoms with E-state index in [0.29, 0.717) is 0 Å². The second-order valence-electron chi connectivity index (χ2n) is 3.08. The van der Waals surface area contributed by atoms with Crippen molar-refractivity contribution in [1.29, 1.82) is 0 Å². The third-order valence-electron chi connectivity index (χ3n) is 1.79. The summed E-state index contributed by atoms with van der Waals surface area (Å²) in [5, 5.41) is 3.38. The fourth-order valence-electron chi connectivity index (χ4n) is 1.03. The molecule has 0 atom stereocenters. The molecule has 0 radical (unpaired) electrons. The fraction of sp³-hybridized carbons (Fsp3) is 1.00. The van der Waals surface area contributed by atoms with Crippen LogP contribution in [0.25, 0.3) is 0 Å². The Kier molecular flexibility index (Phi) is 10.3. The minimum Gasteiger partial charge on any atom is -0.317 e. The van der Waals surface area contributed by atoms with Gasteiger partial charge in [-0.3, -0.25) is 0 Å². The van der Waals surface area contributed by atoms with Gasteiger partial charge in [0, 0.05) is 4.58 Å². The molecule has 0 heterocycles. The zero-order chi connectivity index (χ0) is 9.23. The lowest BCUT2D eigenvalue weighted by Crippen LogP contribution is -2.18. The molecule has 0 aromatic carbocycles. The summed E-state index contributed by atoms with van der Waals surface area (Å²) >= 11 is 8.36. The summed E-state index contributed by atoms with van der Waals surface area (Å²) < 4.78 is 0.230. The Balaban J connectivity index is 2.82. The first-order chi connectivity index (χ1) is 5.77. The van der Waals surface area contributed by atoms with Crippen molar-refractivity contribution in [2.45, 2.75) is 43.6 Å². The molecule has 74 valence electrons. The molecule has 0 aliphatic carbocycles. The van der Waals surface area contributed by atoms with Gasteiger partial charge in [-0.05, 0) is 25.9 Å². The van der Waals surface area contributed by atoms with Crippen LogP contribution in [0.2, 0.25) is 0 Å². The zero-order valence-corrected chi connectivity index (χ0v) is 9.71. The highest BCUT2D eigenvalue weighted by Gasteiger charge is 1.93. The van der Waals surface area contributed by atoms with Gasteiger partial charge >= 0.3 is 0 Å². The molecule has 0 aromatic heterocycles. The maximum atomic E-state index is 4.18. The summed E-state index contributed by atoms with van der Waals surface area (Å²) in [4.78, 5) is 0. The first-order valence-electron chi connectivity index (χ1n) is 4.84. The smallest absolute Gasteiger partial charge is 0.0454 e. The predicted molar refractivity (Wildman–Crippen MR) is 63.4 cm³/mol. The quantitative estimate of drug-likeness (QED) is 0.316. The van der Waals surface area contributed by atoms with E-state index >= 15 is 0 Å². The lowest BCUT2D eigenvalue weighted by atomic mass is 10.2. The van der Waals surface area contributed by atoms with Gasteiger partial charge in [0.2, 0.25) is 0 Å². The summed E-state index contributed by atoms with van der Waals surface area (Å²) in [6, 6.07) is 0. The monoisotopic (exact) mass is 207 g/mol.